The van der Waals surface area contributed by atoms with E-state index < -0.39 is 0 Å². The summed E-state index contributed by atoms with van der Waals surface area (Å²) in [6, 6.07) is 0. The lowest BCUT2D eigenvalue weighted by molar-refractivity contribution is 0.0273. The third-order valence-electron chi connectivity index (χ3n) is 4.02. The molecule has 7 nitrogen and oxygen atoms in total. The lowest BCUT2D eigenvalue weighted by Crippen LogP contribution is -2.19. The van der Waals surface area contributed by atoms with E-state index in [1.807, 2.05) is 0 Å². The van der Waals surface area contributed by atoms with Crippen molar-refractivity contribution in [3.63, 3.8) is 0 Å². The molecule has 2 heterocycles. The summed E-state index contributed by atoms with van der Waals surface area (Å²) >= 11 is 0. The van der Waals surface area contributed by atoms with Crippen LogP contribution < -0.4 is 5.73 Å². The summed E-state index contributed by atoms with van der Waals surface area (Å²) in [6.07, 6.45) is 9.39. The average Bonchev–Trinajstić information content (AvgIpc) is 3.11. The van der Waals surface area contributed by atoms with Crippen molar-refractivity contribution in [1.29, 1.82) is 0 Å². The van der Waals surface area contributed by atoms with Gasteiger partial charge in [-0.15, -0.1) is 0 Å². The first-order valence-electron chi connectivity index (χ1n) is 7.39. The SMILES string of the molecule is COC(c1noc(Cn2cc(N)cn2)n1)C1CCCCC1. The molecule has 0 aliphatic heterocycles. The van der Waals surface area contributed by atoms with Gasteiger partial charge >= 0.3 is 0 Å². The predicted molar refractivity (Wildman–Crippen MR) is 76.4 cm³/mol. The Morgan fingerprint density at radius 2 is 2.24 bits per heavy atom. The zero-order valence-corrected chi connectivity index (χ0v) is 12.2. The molecule has 2 aromatic heterocycles. The smallest absolute Gasteiger partial charge is 0.248 e. The third kappa shape index (κ3) is 3.24. The largest absolute Gasteiger partial charge is 0.396 e. The van der Waals surface area contributed by atoms with Crippen molar-refractivity contribution in [2.45, 2.75) is 44.8 Å². The van der Waals surface area contributed by atoms with Crippen LogP contribution in [-0.2, 0) is 11.3 Å². The Hall–Kier alpha value is -1.89. The van der Waals surface area contributed by atoms with Crippen molar-refractivity contribution in [3.8, 4) is 0 Å². The standard InChI is InChI=1S/C14H21N5O2/c1-20-13(10-5-3-2-4-6-10)14-17-12(21-18-14)9-19-8-11(15)7-16-19/h7-8,10,13H,2-6,9,15H2,1H3. The molecule has 0 saturated heterocycles. The van der Waals surface area contributed by atoms with Crippen molar-refractivity contribution >= 4 is 5.69 Å². The van der Waals surface area contributed by atoms with Crippen LogP contribution >= 0.6 is 0 Å². The molecule has 1 aliphatic carbocycles. The summed E-state index contributed by atoms with van der Waals surface area (Å²) in [5.74, 6) is 1.64. The quantitative estimate of drug-likeness (QED) is 0.907. The summed E-state index contributed by atoms with van der Waals surface area (Å²) in [6.45, 7) is 0.422. The second-order valence-electron chi connectivity index (χ2n) is 5.57. The van der Waals surface area contributed by atoms with E-state index in [0.29, 0.717) is 29.9 Å². The van der Waals surface area contributed by atoms with Crippen LogP contribution in [0.4, 0.5) is 5.69 Å². The fraction of sp³-hybridized carbons (Fsp3) is 0.643. The van der Waals surface area contributed by atoms with Crippen molar-refractivity contribution < 1.29 is 9.26 Å². The molecule has 1 fully saturated rings. The van der Waals surface area contributed by atoms with Crippen LogP contribution in [0, 0.1) is 5.92 Å². The van der Waals surface area contributed by atoms with Crippen LogP contribution in [-0.4, -0.2) is 27.0 Å². The van der Waals surface area contributed by atoms with Crippen LogP contribution in [0.15, 0.2) is 16.9 Å². The van der Waals surface area contributed by atoms with Crippen LogP contribution in [0.1, 0.15) is 49.9 Å². The van der Waals surface area contributed by atoms with Gasteiger partial charge in [0.1, 0.15) is 12.6 Å². The lowest BCUT2D eigenvalue weighted by Gasteiger charge is -2.26. The van der Waals surface area contributed by atoms with Gasteiger partial charge in [-0.25, -0.2) is 0 Å². The van der Waals surface area contributed by atoms with E-state index in [-0.39, 0.29) is 6.10 Å². The molecule has 0 bridgehead atoms. The molecule has 3 rings (SSSR count). The summed E-state index contributed by atoms with van der Waals surface area (Å²) in [7, 11) is 1.71. The van der Waals surface area contributed by atoms with E-state index in [1.54, 1.807) is 24.2 Å². The second kappa shape index (κ2) is 6.26. The van der Waals surface area contributed by atoms with Crippen LogP contribution in [0.5, 0.6) is 0 Å². The minimum Gasteiger partial charge on any atom is -0.396 e. The van der Waals surface area contributed by atoms with Gasteiger partial charge in [0.15, 0.2) is 0 Å². The molecular formula is C14H21N5O2. The number of nitrogen functional groups attached to an aromatic ring is 1. The van der Waals surface area contributed by atoms with Crippen molar-refractivity contribution in [2.75, 3.05) is 12.8 Å². The van der Waals surface area contributed by atoms with E-state index in [2.05, 4.69) is 15.2 Å². The molecule has 0 aromatic carbocycles. The van der Waals surface area contributed by atoms with Crippen LogP contribution in [0.25, 0.3) is 0 Å². The Morgan fingerprint density at radius 1 is 1.43 bits per heavy atom. The van der Waals surface area contributed by atoms with Crippen LogP contribution in [0.3, 0.4) is 0 Å². The van der Waals surface area contributed by atoms with Gasteiger partial charge in [0.2, 0.25) is 11.7 Å². The molecule has 1 saturated carbocycles. The topological polar surface area (TPSA) is 92.0 Å². The van der Waals surface area contributed by atoms with Gasteiger partial charge in [-0.3, -0.25) is 4.68 Å². The maximum absolute atomic E-state index is 5.63. The third-order valence-corrected chi connectivity index (χ3v) is 4.02. The van der Waals surface area contributed by atoms with Crippen molar-refractivity contribution in [1.82, 2.24) is 19.9 Å². The summed E-state index contributed by atoms with van der Waals surface area (Å²) in [5, 5.41) is 8.19. The summed E-state index contributed by atoms with van der Waals surface area (Å²) < 4.78 is 12.6. The van der Waals surface area contributed by atoms with E-state index in [9.17, 15) is 0 Å². The Balaban J connectivity index is 1.70. The molecule has 2 aromatic rings. The van der Waals surface area contributed by atoms with Gasteiger partial charge in [-0.1, -0.05) is 24.4 Å². The zero-order chi connectivity index (χ0) is 14.7. The summed E-state index contributed by atoms with van der Waals surface area (Å²) in [5.41, 5.74) is 6.25. The maximum atomic E-state index is 5.63. The number of anilines is 1. The number of rotatable bonds is 5. The number of aromatic nitrogens is 4. The number of nitrogens with two attached hydrogens (primary N) is 1. The van der Waals surface area contributed by atoms with E-state index >= 15 is 0 Å². The Labute approximate surface area is 123 Å². The van der Waals surface area contributed by atoms with Gasteiger partial charge in [-0.2, -0.15) is 10.1 Å². The second-order valence-corrected chi connectivity index (χ2v) is 5.57. The van der Waals surface area contributed by atoms with E-state index in [0.717, 1.165) is 12.8 Å². The van der Waals surface area contributed by atoms with Crippen LogP contribution in [0.2, 0.25) is 0 Å². The first-order valence-corrected chi connectivity index (χ1v) is 7.39. The molecular weight excluding hydrogens is 270 g/mol. The van der Waals surface area contributed by atoms with Crippen molar-refractivity contribution in [3.05, 3.63) is 24.1 Å². The fourth-order valence-electron chi connectivity index (χ4n) is 3.00. The highest BCUT2D eigenvalue weighted by Crippen LogP contribution is 2.35. The lowest BCUT2D eigenvalue weighted by atomic mass is 9.85. The molecule has 7 heteroatoms. The summed E-state index contributed by atoms with van der Waals surface area (Å²) in [4.78, 5) is 4.46. The van der Waals surface area contributed by atoms with Gasteiger partial charge in [0.05, 0.1) is 11.9 Å². The Kier molecular flexibility index (Phi) is 4.19. The highest BCUT2D eigenvalue weighted by atomic mass is 16.5. The molecule has 2 N–H and O–H groups in total. The minimum absolute atomic E-state index is 0.0782. The number of ether oxygens (including phenoxy) is 1. The van der Waals surface area contributed by atoms with E-state index in [4.69, 9.17) is 15.0 Å². The van der Waals surface area contributed by atoms with Gasteiger partial charge < -0.3 is 15.0 Å². The Bertz CT molecular complexity index is 573. The molecule has 21 heavy (non-hydrogen) atoms. The molecule has 0 spiro atoms. The normalized spacial score (nSPS) is 18.0. The van der Waals surface area contributed by atoms with Gasteiger partial charge in [-0.05, 0) is 18.8 Å². The maximum Gasteiger partial charge on any atom is 0.248 e. The van der Waals surface area contributed by atoms with E-state index in [1.165, 1.54) is 19.3 Å². The molecule has 1 unspecified atom stereocenters. The van der Waals surface area contributed by atoms with Crippen molar-refractivity contribution in [2.24, 2.45) is 5.92 Å². The highest BCUT2D eigenvalue weighted by Gasteiger charge is 2.28. The number of hydrogen-bond acceptors (Lipinski definition) is 6. The number of methoxy groups -OCH3 is 1. The first kappa shape index (κ1) is 14.1. The average molecular weight is 291 g/mol. The predicted octanol–water partition coefficient (Wildman–Crippen LogP) is 2.16. The zero-order valence-electron chi connectivity index (χ0n) is 12.2. The molecule has 0 radical (unpaired) electrons. The molecule has 1 atom stereocenters. The number of hydrogen-bond donors (Lipinski definition) is 1. The molecule has 114 valence electrons. The Morgan fingerprint density at radius 3 is 2.90 bits per heavy atom. The first-order chi connectivity index (χ1) is 10.3. The van der Waals surface area contributed by atoms with Gasteiger partial charge in [0, 0.05) is 13.3 Å². The fourth-order valence-corrected chi connectivity index (χ4v) is 3.00. The number of nitrogens with zero attached hydrogens (tertiary/aromatic N) is 4. The monoisotopic (exact) mass is 291 g/mol. The minimum atomic E-state index is -0.0782. The molecule has 0 amide bonds. The molecule has 1 aliphatic rings. The highest BCUT2D eigenvalue weighted by molar-refractivity contribution is 5.30. The van der Waals surface area contributed by atoms with Gasteiger partial charge in [0.25, 0.3) is 0 Å².